The van der Waals surface area contributed by atoms with Crippen LogP contribution in [0.1, 0.15) is 13.8 Å². The van der Waals surface area contributed by atoms with Crippen LogP contribution in [0.15, 0.2) is 18.2 Å². The molecular weight excluding hydrogens is 218 g/mol. The van der Waals surface area contributed by atoms with Crippen LogP contribution >= 0.6 is 0 Å². The van der Waals surface area contributed by atoms with Crippen molar-refractivity contribution in [3.63, 3.8) is 0 Å². The number of hydrogen-bond acceptors (Lipinski definition) is 4. The van der Waals surface area contributed by atoms with Crippen LogP contribution in [0.5, 0.6) is 17.2 Å². The minimum absolute atomic E-state index is 0.337. The number of likely N-dealkylation sites (N-methyl/N-ethyl adjacent to an activating group) is 1. The van der Waals surface area contributed by atoms with Crippen LogP contribution in [0.4, 0.5) is 0 Å². The molecule has 0 bridgehead atoms. The van der Waals surface area contributed by atoms with Gasteiger partial charge in [0, 0.05) is 6.54 Å². The second kappa shape index (κ2) is 5.77. The first-order valence-electron chi connectivity index (χ1n) is 5.58. The molecule has 1 rings (SSSR count). The zero-order chi connectivity index (χ0) is 12.9. The Morgan fingerprint density at radius 2 is 1.65 bits per heavy atom. The molecule has 0 saturated carbocycles. The summed E-state index contributed by atoms with van der Waals surface area (Å²) in [6, 6.07) is 5.58. The highest BCUT2D eigenvalue weighted by Gasteiger charge is 2.23. The van der Waals surface area contributed by atoms with E-state index in [-0.39, 0.29) is 5.60 Å². The Morgan fingerprint density at radius 1 is 1.12 bits per heavy atom. The maximum atomic E-state index is 5.97. The summed E-state index contributed by atoms with van der Waals surface area (Å²) < 4.78 is 16.5. The first-order chi connectivity index (χ1) is 8.04. The zero-order valence-electron chi connectivity index (χ0n) is 11.2. The number of methoxy groups -OCH3 is 2. The van der Waals surface area contributed by atoms with Crippen LogP contribution in [0.2, 0.25) is 0 Å². The molecule has 0 spiro atoms. The lowest BCUT2D eigenvalue weighted by atomic mass is 10.1. The predicted octanol–water partition coefficient (Wildman–Crippen LogP) is 2.08. The lowest BCUT2D eigenvalue weighted by Crippen LogP contribution is -2.39. The van der Waals surface area contributed by atoms with Crippen molar-refractivity contribution in [1.82, 2.24) is 5.32 Å². The normalized spacial score (nSPS) is 11.1. The Bertz CT molecular complexity index is 341. The van der Waals surface area contributed by atoms with Crippen LogP contribution in [0.3, 0.4) is 0 Å². The van der Waals surface area contributed by atoms with Crippen LogP contribution in [-0.2, 0) is 0 Å². The topological polar surface area (TPSA) is 39.7 Å². The number of benzene rings is 1. The van der Waals surface area contributed by atoms with Crippen LogP contribution in [0.25, 0.3) is 0 Å². The fourth-order valence-electron chi connectivity index (χ4n) is 1.66. The van der Waals surface area contributed by atoms with Gasteiger partial charge in [0.25, 0.3) is 0 Å². The van der Waals surface area contributed by atoms with Gasteiger partial charge in [-0.25, -0.2) is 0 Å². The van der Waals surface area contributed by atoms with E-state index in [0.29, 0.717) is 17.2 Å². The van der Waals surface area contributed by atoms with Gasteiger partial charge in [-0.1, -0.05) is 6.07 Å². The van der Waals surface area contributed by atoms with E-state index >= 15 is 0 Å². The van der Waals surface area contributed by atoms with E-state index in [1.165, 1.54) is 0 Å². The highest BCUT2D eigenvalue weighted by molar-refractivity contribution is 5.51. The van der Waals surface area contributed by atoms with E-state index in [1.807, 2.05) is 39.1 Å². The fourth-order valence-corrected chi connectivity index (χ4v) is 1.66. The summed E-state index contributed by atoms with van der Waals surface area (Å²) in [6.07, 6.45) is 0. The molecule has 0 amide bonds. The molecule has 0 saturated heterocycles. The first kappa shape index (κ1) is 13.6. The Kier molecular flexibility index (Phi) is 4.63. The van der Waals surface area contributed by atoms with Gasteiger partial charge in [0.15, 0.2) is 11.5 Å². The molecule has 96 valence electrons. The van der Waals surface area contributed by atoms with Crippen molar-refractivity contribution >= 4 is 0 Å². The van der Waals surface area contributed by atoms with E-state index in [4.69, 9.17) is 14.2 Å². The van der Waals surface area contributed by atoms with Gasteiger partial charge in [-0.05, 0) is 33.0 Å². The van der Waals surface area contributed by atoms with Crippen molar-refractivity contribution in [3.05, 3.63) is 18.2 Å². The average molecular weight is 239 g/mol. The van der Waals surface area contributed by atoms with Gasteiger partial charge in [-0.15, -0.1) is 0 Å². The maximum absolute atomic E-state index is 5.97. The quantitative estimate of drug-likeness (QED) is 0.825. The highest BCUT2D eigenvalue weighted by atomic mass is 16.5. The summed E-state index contributed by atoms with van der Waals surface area (Å²) >= 11 is 0. The van der Waals surface area contributed by atoms with Gasteiger partial charge in [0.05, 0.1) is 14.2 Å². The molecule has 1 N–H and O–H groups in total. The fraction of sp³-hybridized carbons (Fsp3) is 0.538. The third-order valence-corrected chi connectivity index (χ3v) is 2.36. The second-order valence-corrected chi connectivity index (χ2v) is 4.38. The monoisotopic (exact) mass is 239 g/mol. The van der Waals surface area contributed by atoms with E-state index < -0.39 is 0 Å². The zero-order valence-corrected chi connectivity index (χ0v) is 11.2. The largest absolute Gasteiger partial charge is 0.493 e. The number of ether oxygens (including phenoxy) is 3. The summed E-state index contributed by atoms with van der Waals surface area (Å²) in [5.41, 5.74) is -0.337. The lowest BCUT2D eigenvalue weighted by molar-refractivity contribution is 0.101. The SMILES string of the molecule is CNCC(C)(C)Oc1c(OC)cccc1OC. The van der Waals surface area contributed by atoms with Crippen molar-refractivity contribution in [1.29, 1.82) is 0 Å². The minimum Gasteiger partial charge on any atom is -0.493 e. The van der Waals surface area contributed by atoms with Gasteiger partial charge >= 0.3 is 0 Å². The molecule has 0 atom stereocenters. The molecule has 0 aromatic heterocycles. The average Bonchev–Trinajstić information content (AvgIpc) is 2.28. The van der Waals surface area contributed by atoms with Gasteiger partial charge in [0.1, 0.15) is 5.60 Å². The van der Waals surface area contributed by atoms with Crippen LogP contribution in [0, 0.1) is 0 Å². The highest BCUT2D eigenvalue weighted by Crippen LogP contribution is 2.38. The molecule has 0 unspecified atom stereocenters. The summed E-state index contributed by atoms with van der Waals surface area (Å²) in [7, 11) is 5.13. The third-order valence-electron chi connectivity index (χ3n) is 2.36. The minimum atomic E-state index is -0.337. The molecule has 1 aromatic rings. The van der Waals surface area contributed by atoms with E-state index in [1.54, 1.807) is 14.2 Å². The van der Waals surface area contributed by atoms with Crippen molar-refractivity contribution in [2.24, 2.45) is 0 Å². The summed E-state index contributed by atoms with van der Waals surface area (Å²) in [5.74, 6) is 1.99. The van der Waals surface area contributed by atoms with Crippen LogP contribution in [-0.4, -0.2) is 33.4 Å². The van der Waals surface area contributed by atoms with E-state index in [2.05, 4.69) is 5.32 Å². The standard InChI is InChI=1S/C13H21NO3/c1-13(2,9-14-3)17-12-10(15-4)7-6-8-11(12)16-5/h6-8,14H,9H2,1-5H3. The first-order valence-corrected chi connectivity index (χ1v) is 5.58. The van der Waals surface area contributed by atoms with E-state index in [0.717, 1.165) is 6.54 Å². The second-order valence-electron chi connectivity index (χ2n) is 4.38. The van der Waals surface area contributed by atoms with Crippen molar-refractivity contribution in [2.45, 2.75) is 19.4 Å². The number of hydrogen-bond donors (Lipinski definition) is 1. The Balaban J connectivity index is 3.02. The number of rotatable bonds is 6. The summed E-state index contributed by atoms with van der Waals surface area (Å²) in [6.45, 7) is 4.75. The summed E-state index contributed by atoms with van der Waals surface area (Å²) in [4.78, 5) is 0. The molecule has 1 aromatic carbocycles. The predicted molar refractivity (Wildman–Crippen MR) is 68.2 cm³/mol. The molecule has 0 heterocycles. The van der Waals surface area contributed by atoms with Gasteiger partial charge < -0.3 is 19.5 Å². The Hall–Kier alpha value is -1.42. The molecule has 0 aliphatic heterocycles. The van der Waals surface area contributed by atoms with Gasteiger partial charge in [-0.3, -0.25) is 0 Å². The number of nitrogens with one attached hydrogen (secondary N) is 1. The molecule has 0 aliphatic carbocycles. The lowest BCUT2D eigenvalue weighted by Gasteiger charge is -2.28. The van der Waals surface area contributed by atoms with Gasteiger partial charge in [-0.2, -0.15) is 0 Å². The van der Waals surface area contributed by atoms with Crippen molar-refractivity contribution in [3.8, 4) is 17.2 Å². The molecule has 0 radical (unpaired) electrons. The molecular formula is C13H21NO3. The summed E-state index contributed by atoms with van der Waals surface area (Å²) in [5, 5.41) is 3.10. The molecule has 4 heteroatoms. The Labute approximate surface area is 103 Å². The smallest absolute Gasteiger partial charge is 0.204 e. The van der Waals surface area contributed by atoms with Crippen LogP contribution < -0.4 is 19.5 Å². The molecule has 0 aliphatic rings. The van der Waals surface area contributed by atoms with E-state index in [9.17, 15) is 0 Å². The van der Waals surface area contributed by atoms with Gasteiger partial charge in [0.2, 0.25) is 5.75 Å². The molecule has 17 heavy (non-hydrogen) atoms. The van der Waals surface area contributed by atoms with Crippen molar-refractivity contribution < 1.29 is 14.2 Å². The number of para-hydroxylation sites is 1. The van der Waals surface area contributed by atoms with Crippen molar-refractivity contribution in [2.75, 3.05) is 27.8 Å². The molecule has 4 nitrogen and oxygen atoms in total. The molecule has 0 fully saturated rings. The Morgan fingerprint density at radius 3 is 2.06 bits per heavy atom. The maximum Gasteiger partial charge on any atom is 0.204 e. The third kappa shape index (κ3) is 3.53.